The van der Waals surface area contributed by atoms with Gasteiger partial charge < -0.3 is 9.72 Å². The Hall–Kier alpha value is -3.33. The van der Waals surface area contributed by atoms with Gasteiger partial charge in [-0.3, -0.25) is 0 Å². The number of rotatable bonds is 5. The van der Waals surface area contributed by atoms with Gasteiger partial charge in [0.05, 0.1) is 26.7 Å². The molecule has 0 saturated heterocycles. The van der Waals surface area contributed by atoms with Gasteiger partial charge in [-0.25, -0.2) is 9.37 Å². The standard InChI is InChI=1S/C23H14Cl2FN3O/c24-18-7-5-14(9-19(18)25)13-30-22-4-2-1-3-15(22)10-16(12-27)23-28-20-8-6-17(26)11-21(20)29-23/h1-11H,13H2,(H,28,29)/b16-10-. The molecule has 4 aromatic rings. The zero-order valence-electron chi connectivity index (χ0n) is 15.5. The van der Waals surface area contributed by atoms with Crippen molar-refractivity contribution < 1.29 is 9.13 Å². The van der Waals surface area contributed by atoms with Gasteiger partial charge in [0.25, 0.3) is 0 Å². The molecule has 0 bridgehead atoms. The van der Waals surface area contributed by atoms with E-state index in [2.05, 4.69) is 16.0 Å². The zero-order valence-corrected chi connectivity index (χ0v) is 17.0. The number of para-hydroxylation sites is 1. The van der Waals surface area contributed by atoms with E-state index in [-0.39, 0.29) is 12.4 Å². The predicted molar refractivity (Wildman–Crippen MR) is 117 cm³/mol. The van der Waals surface area contributed by atoms with E-state index in [1.165, 1.54) is 12.1 Å². The minimum atomic E-state index is -0.374. The van der Waals surface area contributed by atoms with Crippen LogP contribution in [0.4, 0.5) is 4.39 Å². The molecule has 4 nitrogen and oxygen atoms in total. The van der Waals surface area contributed by atoms with Crippen molar-refractivity contribution >= 4 is 45.9 Å². The molecule has 1 heterocycles. The second kappa shape index (κ2) is 8.58. The summed E-state index contributed by atoms with van der Waals surface area (Å²) in [6, 6.07) is 19.0. The van der Waals surface area contributed by atoms with E-state index in [1.807, 2.05) is 30.3 Å². The number of halogens is 3. The van der Waals surface area contributed by atoms with Crippen molar-refractivity contribution in [1.29, 1.82) is 5.26 Å². The average Bonchev–Trinajstić information content (AvgIpc) is 3.16. The Morgan fingerprint density at radius 2 is 1.93 bits per heavy atom. The largest absolute Gasteiger partial charge is 0.488 e. The average molecular weight is 438 g/mol. The van der Waals surface area contributed by atoms with Crippen LogP contribution in [-0.4, -0.2) is 9.97 Å². The molecule has 1 aromatic heterocycles. The first-order chi connectivity index (χ1) is 14.5. The van der Waals surface area contributed by atoms with Crippen LogP contribution in [-0.2, 0) is 6.61 Å². The molecule has 148 valence electrons. The summed E-state index contributed by atoms with van der Waals surface area (Å²) in [7, 11) is 0. The van der Waals surface area contributed by atoms with Gasteiger partial charge in [-0.1, -0.05) is 47.5 Å². The lowest BCUT2D eigenvalue weighted by atomic mass is 10.1. The van der Waals surface area contributed by atoms with Gasteiger partial charge in [0, 0.05) is 5.56 Å². The molecule has 0 atom stereocenters. The summed E-state index contributed by atoms with van der Waals surface area (Å²) in [4.78, 5) is 7.37. The highest BCUT2D eigenvalue weighted by Crippen LogP contribution is 2.27. The van der Waals surface area contributed by atoms with E-state index in [4.69, 9.17) is 27.9 Å². The van der Waals surface area contributed by atoms with Crippen LogP contribution in [0.2, 0.25) is 10.0 Å². The molecule has 0 unspecified atom stereocenters. The number of allylic oxidation sites excluding steroid dienone is 1. The van der Waals surface area contributed by atoms with Crippen molar-refractivity contribution in [2.45, 2.75) is 6.61 Å². The van der Waals surface area contributed by atoms with E-state index in [1.54, 1.807) is 24.3 Å². The van der Waals surface area contributed by atoms with Crippen LogP contribution in [0.5, 0.6) is 5.75 Å². The summed E-state index contributed by atoms with van der Waals surface area (Å²) in [6.45, 7) is 0.285. The van der Waals surface area contributed by atoms with Crippen LogP contribution in [0, 0.1) is 17.1 Å². The van der Waals surface area contributed by atoms with Crippen molar-refractivity contribution in [3.05, 3.63) is 93.5 Å². The number of imidazole rings is 1. The number of fused-ring (bicyclic) bond motifs is 1. The molecule has 1 N–H and O–H groups in total. The van der Waals surface area contributed by atoms with Crippen LogP contribution >= 0.6 is 23.2 Å². The number of nitrogens with zero attached hydrogens (tertiary/aromatic N) is 2. The smallest absolute Gasteiger partial charge is 0.149 e. The lowest BCUT2D eigenvalue weighted by Gasteiger charge is -2.10. The summed E-state index contributed by atoms with van der Waals surface area (Å²) >= 11 is 12.0. The van der Waals surface area contributed by atoms with Gasteiger partial charge in [-0.05, 0) is 48.0 Å². The van der Waals surface area contributed by atoms with Gasteiger partial charge in [0.1, 0.15) is 30.1 Å². The Labute approximate surface area is 182 Å². The topological polar surface area (TPSA) is 61.7 Å². The second-order valence-electron chi connectivity index (χ2n) is 6.49. The number of nitrogens with one attached hydrogen (secondary N) is 1. The van der Waals surface area contributed by atoms with Crippen molar-refractivity contribution in [3.8, 4) is 11.8 Å². The summed E-state index contributed by atoms with van der Waals surface area (Å²) in [6.07, 6.45) is 1.68. The maximum atomic E-state index is 13.4. The number of hydrogen-bond acceptors (Lipinski definition) is 3. The lowest BCUT2D eigenvalue weighted by molar-refractivity contribution is 0.305. The first-order valence-electron chi connectivity index (χ1n) is 8.96. The molecule has 30 heavy (non-hydrogen) atoms. The van der Waals surface area contributed by atoms with Crippen LogP contribution in [0.3, 0.4) is 0 Å². The highest BCUT2D eigenvalue weighted by Gasteiger charge is 2.11. The van der Waals surface area contributed by atoms with Crippen LogP contribution < -0.4 is 4.74 Å². The SMILES string of the molecule is N#C/C(=C/c1ccccc1OCc1ccc(Cl)c(Cl)c1)c1nc2ccc(F)cc2[nH]1. The third-order valence-electron chi connectivity index (χ3n) is 4.42. The molecule has 0 spiro atoms. The first kappa shape index (κ1) is 20.0. The number of benzene rings is 3. The molecule has 0 amide bonds. The molecule has 0 fully saturated rings. The second-order valence-corrected chi connectivity index (χ2v) is 7.31. The highest BCUT2D eigenvalue weighted by atomic mass is 35.5. The predicted octanol–water partition coefficient (Wildman–Crippen LogP) is 6.65. The first-order valence-corrected chi connectivity index (χ1v) is 9.72. The highest BCUT2D eigenvalue weighted by molar-refractivity contribution is 6.42. The normalized spacial score (nSPS) is 11.5. The quantitative estimate of drug-likeness (QED) is 0.355. The van der Waals surface area contributed by atoms with Crippen molar-refractivity contribution in [3.63, 3.8) is 0 Å². The van der Waals surface area contributed by atoms with Gasteiger partial charge in [0.2, 0.25) is 0 Å². The Morgan fingerprint density at radius 3 is 2.73 bits per heavy atom. The lowest BCUT2D eigenvalue weighted by Crippen LogP contribution is -1.97. The molecule has 7 heteroatoms. The van der Waals surface area contributed by atoms with Gasteiger partial charge in [0.15, 0.2) is 0 Å². The molecule has 0 aliphatic heterocycles. The summed E-state index contributed by atoms with van der Waals surface area (Å²) in [5.41, 5.74) is 2.98. The Morgan fingerprint density at radius 1 is 1.10 bits per heavy atom. The summed E-state index contributed by atoms with van der Waals surface area (Å²) < 4.78 is 19.4. The minimum Gasteiger partial charge on any atom is -0.488 e. The monoisotopic (exact) mass is 437 g/mol. The van der Waals surface area contributed by atoms with E-state index in [0.717, 1.165) is 5.56 Å². The fourth-order valence-electron chi connectivity index (χ4n) is 2.94. The zero-order chi connectivity index (χ0) is 21.1. The van der Waals surface area contributed by atoms with Crippen LogP contribution in [0.1, 0.15) is 17.0 Å². The van der Waals surface area contributed by atoms with Crippen LogP contribution in [0.15, 0.2) is 60.7 Å². The summed E-state index contributed by atoms with van der Waals surface area (Å²) in [5.74, 6) is 0.581. The Balaban J connectivity index is 1.63. The molecule has 3 aromatic carbocycles. The molecule has 0 radical (unpaired) electrons. The van der Waals surface area contributed by atoms with Gasteiger partial charge in [-0.15, -0.1) is 0 Å². The molecule has 4 rings (SSSR count). The number of ether oxygens (including phenoxy) is 1. The van der Waals surface area contributed by atoms with Gasteiger partial charge in [-0.2, -0.15) is 5.26 Å². The van der Waals surface area contributed by atoms with E-state index in [0.29, 0.717) is 43.8 Å². The fourth-order valence-corrected chi connectivity index (χ4v) is 3.26. The Bertz CT molecular complexity index is 1310. The molecular formula is C23H14Cl2FN3O. The van der Waals surface area contributed by atoms with Gasteiger partial charge >= 0.3 is 0 Å². The third-order valence-corrected chi connectivity index (χ3v) is 5.16. The maximum absolute atomic E-state index is 13.4. The van der Waals surface area contributed by atoms with Crippen molar-refractivity contribution in [2.24, 2.45) is 0 Å². The number of aromatic amines is 1. The number of nitriles is 1. The van der Waals surface area contributed by atoms with Crippen molar-refractivity contribution in [2.75, 3.05) is 0 Å². The van der Waals surface area contributed by atoms with E-state index >= 15 is 0 Å². The fraction of sp³-hybridized carbons (Fsp3) is 0.0435. The Kier molecular flexibility index (Phi) is 5.71. The third kappa shape index (κ3) is 4.30. The molecular weight excluding hydrogens is 424 g/mol. The number of H-pyrrole nitrogens is 1. The number of aromatic nitrogens is 2. The van der Waals surface area contributed by atoms with Crippen molar-refractivity contribution in [1.82, 2.24) is 9.97 Å². The van der Waals surface area contributed by atoms with Crippen LogP contribution in [0.25, 0.3) is 22.7 Å². The van der Waals surface area contributed by atoms with E-state index < -0.39 is 0 Å². The van der Waals surface area contributed by atoms with E-state index in [9.17, 15) is 9.65 Å². The number of hydrogen-bond donors (Lipinski definition) is 1. The molecule has 0 aliphatic rings. The maximum Gasteiger partial charge on any atom is 0.149 e. The molecule has 0 aliphatic carbocycles. The molecule has 0 saturated carbocycles. The summed E-state index contributed by atoms with van der Waals surface area (Å²) in [5, 5.41) is 10.6. The minimum absolute atomic E-state index is 0.285.